The van der Waals surface area contributed by atoms with Gasteiger partial charge in [-0.25, -0.2) is 0 Å². The standard InChI is InChI=1S/C16H17NO2/c17-14-9-10-18-16-13(14)7-4-8-15(16)19-11-12-5-2-1-3-6-12/h1-8,14H,9-11,17H2/t14-/m0/s1. The predicted octanol–water partition coefficient (Wildman–Crippen LogP) is 3.05. The molecule has 3 rings (SSSR count). The highest BCUT2D eigenvalue weighted by Crippen LogP contribution is 2.38. The van der Waals surface area contributed by atoms with E-state index in [1.807, 2.05) is 48.5 Å². The van der Waals surface area contributed by atoms with Gasteiger partial charge in [0.05, 0.1) is 6.61 Å². The monoisotopic (exact) mass is 255 g/mol. The molecule has 0 radical (unpaired) electrons. The molecule has 3 heteroatoms. The lowest BCUT2D eigenvalue weighted by Gasteiger charge is -2.24. The molecular formula is C16H17NO2. The number of fused-ring (bicyclic) bond motifs is 1. The summed E-state index contributed by atoms with van der Waals surface area (Å²) in [5.41, 5.74) is 8.26. The second kappa shape index (κ2) is 5.33. The fourth-order valence-electron chi connectivity index (χ4n) is 2.27. The van der Waals surface area contributed by atoms with Crippen LogP contribution in [0, 0.1) is 0 Å². The first-order valence-electron chi connectivity index (χ1n) is 6.52. The van der Waals surface area contributed by atoms with E-state index in [4.69, 9.17) is 15.2 Å². The summed E-state index contributed by atoms with van der Waals surface area (Å²) in [6.45, 7) is 1.19. The molecule has 98 valence electrons. The van der Waals surface area contributed by atoms with Crippen LogP contribution >= 0.6 is 0 Å². The quantitative estimate of drug-likeness (QED) is 0.916. The van der Waals surface area contributed by atoms with E-state index in [0.717, 1.165) is 29.0 Å². The number of rotatable bonds is 3. The number of nitrogens with two attached hydrogens (primary N) is 1. The molecule has 2 aromatic rings. The Hall–Kier alpha value is -2.00. The number of benzene rings is 2. The molecule has 0 fully saturated rings. The van der Waals surface area contributed by atoms with Gasteiger partial charge >= 0.3 is 0 Å². The minimum absolute atomic E-state index is 0.0454. The lowest BCUT2D eigenvalue weighted by Crippen LogP contribution is -2.21. The number of hydrogen-bond donors (Lipinski definition) is 1. The normalized spacial score (nSPS) is 17.4. The van der Waals surface area contributed by atoms with Crippen LogP contribution in [0.5, 0.6) is 11.5 Å². The molecule has 1 atom stereocenters. The van der Waals surface area contributed by atoms with Crippen molar-refractivity contribution in [3.05, 3.63) is 59.7 Å². The van der Waals surface area contributed by atoms with Gasteiger partial charge in [0, 0.05) is 18.0 Å². The van der Waals surface area contributed by atoms with Gasteiger partial charge < -0.3 is 15.2 Å². The van der Waals surface area contributed by atoms with Gasteiger partial charge in [0.25, 0.3) is 0 Å². The summed E-state index contributed by atoms with van der Waals surface area (Å²) in [6, 6.07) is 16.0. The number of para-hydroxylation sites is 1. The largest absolute Gasteiger partial charge is 0.489 e. The van der Waals surface area contributed by atoms with Crippen LogP contribution < -0.4 is 15.2 Å². The van der Waals surface area contributed by atoms with Gasteiger partial charge in [-0.3, -0.25) is 0 Å². The summed E-state index contributed by atoms with van der Waals surface area (Å²) in [5, 5.41) is 0. The second-order valence-electron chi connectivity index (χ2n) is 4.69. The molecule has 0 bridgehead atoms. The van der Waals surface area contributed by atoms with Crippen molar-refractivity contribution in [2.75, 3.05) is 6.61 Å². The Morgan fingerprint density at radius 1 is 1.11 bits per heavy atom. The SMILES string of the molecule is N[C@H]1CCOc2c(OCc3ccccc3)cccc21. The first-order valence-corrected chi connectivity index (χ1v) is 6.52. The van der Waals surface area contributed by atoms with Gasteiger partial charge in [0.15, 0.2) is 11.5 Å². The van der Waals surface area contributed by atoms with Crippen LogP contribution in [0.15, 0.2) is 48.5 Å². The molecule has 2 N–H and O–H groups in total. The third-order valence-electron chi connectivity index (χ3n) is 3.32. The Labute approximate surface area is 113 Å². The second-order valence-corrected chi connectivity index (χ2v) is 4.69. The van der Waals surface area contributed by atoms with Gasteiger partial charge in [-0.2, -0.15) is 0 Å². The smallest absolute Gasteiger partial charge is 0.165 e. The molecule has 3 nitrogen and oxygen atoms in total. The van der Waals surface area contributed by atoms with Crippen LogP contribution in [0.4, 0.5) is 0 Å². The van der Waals surface area contributed by atoms with Gasteiger partial charge in [-0.05, 0) is 11.6 Å². The van der Waals surface area contributed by atoms with Crippen molar-refractivity contribution >= 4 is 0 Å². The Kier molecular flexibility index (Phi) is 3.38. The first-order chi connectivity index (χ1) is 9.34. The van der Waals surface area contributed by atoms with Crippen molar-refractivity contribution in [3.8, 4) is 11.5 Å². The molecule has 0 saturated carbocycles. The van der Waals surface area contributed by atoms with Crippen molar-refractivity contribution in [1.82, 2.24) is 0 Å². The van der Waals surface area contributed by atoms with Crippen LogP contribution in [-0.2, 0) is 6.61 Å². The van der Waals surface area contributed by atoms with E-state index >= 15 is 0 Å². The van der Waals surface area contributed by atoms with E-state index in [9.17, 15) is 0 Å². The minimum Gasteiger partial charge on any atom is -0.489 e. The number of hydrogen-bond acceptors (Lipinski definition) is 3. The van der Waals surface area contributed by atoms with Crippen molar-refractivity contribution in [2.45, 2.75) is 19.1 Å². The molecule has 0 saturated heterocycles. The van der Waals surface area contributed by atoms with E-state index in [0.29, 0.717) is 13.2 Å². The maximum atomic E-state index is 6.09. The van der Waals surface area contributed by atoms with Crippen molar-refractivity contribution < 1.29 is 9.47 Å². The fourth-order valence-corrected chi connectivity index (χ4v) is 2.27. The Balaban J connectivity index is 1.80. The highest BCUT2D eigenvalue weighted by Gasteiger charge is 2.21. The molecule has 0 amide bonds. The molecule has 0 spiro atoms. The van der Waals surface area contributed by atoms with Crippen molar-refractivity contribution in [2.24, 2.45) is 5.73 Å². The summed E-state index contributed by atoms with van der Waals surface area (Å²) < 4.78 is 11.6. The Morgan fingerprint density at radius 3 is 2.79 bits per heavy atom. The van der Waals surface area contributed by atoms with Crippen molar-refractivity contribution in [3.63, 3.8) is 0 Å². The molecule has 2 aromatic carbocycles. The summed E-state index contributed by atoms with van der Waals surface area (Å²) in [4.78, 5) is 0. The van der Waals surface area contributed by atoms with Crippen LogP contribution in [0.3, 0.4) is 0 Å². The number of ether oxygens (including phenoxy) is 2. The Bertz CT molecular complexity index is 554. The topological polar surface area (TPSA) is 44.5 Å². The lowest BCUT2D eigenvalue weighted by atomic mass is 10.0. The predicted molar refractivity (Wildman–Crippen MR) is 74.3 cm³/mol. The van der Waals surface area contributed by atoms with Gasteiger partial charge in [-0.1, -0.05) is 42.5 Å². The van der Waals surface area contributed by atoms with E-state index in [1.165, 1.54) is 0 Å². The van der Waals surface area contributed by atoms with E-state index in [1.54, 1.807) is 0 Å². The zero-order valence-corrected chi connectivity index (χ0v) is 10.7. The molecule has 0 unspecified atom stereocenters. The van der Waals surface area contributed by atoms with Crippen LogP contribution in [0.1, 0.15) is 23.6 Å². The minimum atomic E-state index is 0.0454. The lowest BCUT2D eigenvalue weighted by molar-refractivity contribution is 0.235. The van der Waals surface area contributed by atoms with E-state index < -0.39 is 0 Å². The fraction of sp³-hybridized carbons (Fsp3) is 0.250. The maximum Gasteiger partial charge on any atom is 0.165 e. The zero-order valence-electron chi connectivity index (χ0n) is 10.7. The third kappa shape index (κ3) is 2.56. The molecular weight excluding hydrogens is 238 g/mol. The molecule has 19 heavy (non-hydrogen) atoms. The van der Waals surface area contributed by atoms with Crippen LogP contribution in [-0.4, -0.2) is 6.61 Å². The van der Waals surface area contributed by atoms with Crippen LogP contribution in [0.25, 0.3) is 0 Å². The average molecular weight is 255 g/mol. The van der Waals surface area contributed by atoms with Gasteiger partial charge in [0.2, 0.25) is 0 Å². The first kappa shape index (κ1) is 12.1. The average Bonchev–Trinajstić information content (AvgIpc) is 2.47. The molecule has 1 aliphatic rings. The molecule has 0 aromatic heterocycles. The van der Waals surface area contributed by atoms with E-state index in [-0.39, 0.29) is 6.04 Å². The molecule has 1 aliphatic heterocycles. The van der Waals surface area contributed by atoms with Crippen LogP contribution in [0.2, 0.25) is 0 Å². The van der Waals surface area contributed by atoms with Crippen molar-refractivity contribution in [1.29, 1.82) is 0 Å². The van der Waals surface area contributed by atoms with Gasteiger partial charge in [0.1, 0.15) is 6.61 Å². The molecule has 0 aliphatic carbocycles. The summed E-state index contributed by atoms with van der Waals surface area (Å²) >= 11 is 0. The van der Waals surface area contributed by atoms with Gasteiger partial charge in [-0.15, -0.1) is 0 Å². The third-order valence-corrected chi connectivity index (χ3v) is 3.32. The highest BCUT2D eigenvalue weighted by molar-refractivity contribution is 5.49. The summed E-state index contributed by atoms with van der Waals surface area (Å²) in [5.74, 6) is 1.58. The van der Waals surface area contributed by atoms with E-state index in [2.05, 4.69) is 0 Å². The maximum absolute atomic E-state index is 6.09. The Morgan fingerprint density at radius 2 is 1.95 bits per heavy atom. The zero-order chi connectivity index (χ0) is 13.1. The highest BCUT2D eigenvalue weighted by atomic mass is 16.5. The molecule has 1 heterocycles. The summed E-state index contributed by atoms with van der Waals surface area (Å²) in [7, 11) is 0. The summed E-state index contributed by atoms with van der Waals surface area (Å²) in [6.07, 6.45) is 0.856.